The van der Waals surface area contributed by atoms with E-state index in [9.17, 15) is 9.59 Å². The minimum Gasteiger partial charge on any atom is -0.462 e. The van der Waals surface area contributed by atoms with Crippen molar-refractivity contribution in [3.63, 3.8) is 0 Å². The number of nitrogens with one attached hydrogen (secondary N) is 2. The number of hydrazone groups is 2. The van der Waals surface area contributed by atoms with Crippen LogP contribution in [0, 0.1) is 13.8 Å². The van der Waals surface area contributed by atoms with E-state index in [2.05, 4.69) is 37.9 Å². The summed E-state index contributed by atoms with van der Waals surface area (Å²) in [6, 6.07) is 27.3. The highest BCUT2D eigenvalue weighted by atomic mass is 16.5. The van der Waals surface area contributed by atoms with E-state index in [4.69, 9.17) is 19.7 Å². The van der Waals surface area contributed by atoms with E-state index < -0.39 is 0 Å². The first-order chi connectivity index (χ1) is 26.3. The van der Waals surface area contributed by atoms with Gasteiger partial charge in [-0.25, -0.2) is 9.59 Å². The quantitative estimate of drug-likeness (QED) is 0.0746. The van der Waals surface area contributed by atoms with E-state index in [0.717, 1.165) is 115 Å². The number of ether oxygens (including phenoxy) is 2. The number of carbonyl (C=O) groups excluding carboxylic acids is 2. The standard InChI is InChI=1S/C46H44N4O4/c1-7-9-25-53-45(51)37-23-15-21-35-39(37)31-17-11-13-19-33(31)43(35)49-47-41-27(3)29(5)42(30(6)28(41)4)48-50-44-34-20-14-12-18-32(34)40-36(44)22-16-24-38(40)46(52)54-26-10-8-2/h11-24,47-48H,3,6-10,25-26H2,1-2,4-5H3. The van der Waals surface area contributed by atoms with Crippen molar-refractivity contribution in [2.75, 3.05) is 24.1 Å². The molecule has 8 nitrogen and oxygen atoms in total. The molecule has 0 bridgehead atoms. The molecule has 0 aromatic heterocycles. The molecule has 0 atom stereocenters. The molecule has 7 rings (SSSR count). The van der Waals surface area contributed by atoms with Crippen molar-refractivity contribution in [2.24, 2.45) is 10.2 Å². The maximum absolute atomic E-state index is 13.2. The SMILES string of the molecule is C=c1c(C)c(NN=C2c3ccccc3-c3c(C(=O)OCCCC)cccc32)c(=C)c(C)c1NN=C1c2ccccc2-c2c(C(=O)OCCCC)cccc21. The van der Waals surface area contributed by atoms with Gasteiger partial charge in [0, 0.05) is 33.4 Å². The van der Waals surface area contributed by atoms with E-state index in [0.29, 0.717) is 24.3 Å². The second-order valence-electron chi connectivity index (χ2n) is 13.6. The van der Waals surface area contributed by atoms with Crippen LogP contribution >= 0.6 is 0 Å². The van der Waals surface area contributed by atoms with Gasteiger partial charge in [0.2, 0.25) is 0 Å². The van der Waals surface area contributed by atoms with Crippen LogP contribution in [0.25, 0.3) is 35.4 Å². The largest absolute Gasteiger partial charge is 0.462 e. The molecule has 0 unspecified atom stereocenters. The average Bonchev–Trinajstić information content (AvgIpc) is 3.69. The van der Waals surface area contributed by atoms with Gasteiger partial charge in [-0.3, -0.25) is 10.9 Å². The fourth-order valence-electron chi connectivity index (χ4n) is 7.20. The number of fused-ring (bicyclic) bond motifs is 6. The molecule has 2 N–H and O–H groups in total. The van der Waals surface area contributed by atoms with Gasteiger partial charge in [-0.1, -0.05) is 113 Å². The van der Waals surface area contributed by atoms with Gasteiger partial charge >= 0.3 is 11.9 Å². The van der Waals surface area contributed by atoms with E-state index >= 15 is 0 Å². The van der Waals surface area contributed by atoms with Gasteiger partial charge in [0.15, 0.2) is 0 Å². The Labute approximate surface area is 315 Å². The zero-order valence-electron chi connectivity index (χ0n) is 31.3. The Bertz CT molecular complexity index is 2310. The number of hydrogen-bond acceptors (Lipinski definition) is 8. The number of esters is 2. The van der Waals surface area contributed by atoms with Gasteiger partial charge < -0.3 is 9.47 Å². The van der Waals surface area contributed by atoms with Crippen LogP contribution in [0.4, 0.5) is 11.4 Å². The number of anilines is 2. The highest BCUT2D eigenvalue weighted by molar-refractivity contribution is 6.27. The van der Waals surface area contributed by atoms with E-state index in [1.807, 2.05) is 98.8 Å². The molecule has 8 heteroatoms. The maximum Gasteiger partial charge on any atom is 0.338 e. The lowest BCUT2D eigenvalue weighted by molar-refractivity contribution is 0.0491. The Kier molecular flexibility index (Phi) is 10.3. The van der Waals surface area contributed by atoms with Gasteiger partial charge in [-0.05, 0) is 71.5 Å². The van der Waals surface area contributed by atoms with Crippen LogP contribution in [0.2, 0.25) is 0 Å². The van der Waals surface area contributed by atoms with Crippen LogP contribution in [0.1, 0.15) is 93.6 Å². The molecule has 54 heavy (non-hydrogen) atoms. The van der Waals surface area contributed by atoms with Crippen LogP contribution < -0.4 is 21.3 Å². The summed E-state index contributed by atoms with van der Waals surface area (Å²) in [4.78, 5) is 26.4. The predicted molar refractivity (Wildman–Crippen MR) is 219 cm³/mol. The topological polar surface area (TPSA) is 101 Å². The molecule has 272 valence electrons. The Morgan fingerprint density at radius 1 is 0.556 bits per heavy atom. The second-order valence-corrected chi connectivity index (χ2v) is 13.6. The minimum atomic E-state index is -0.334. The summed E-state index contributed by atoms with van der Waals surface area (Å²) >= 11 is 0. The van der Waals surface area contributed by atoms with Gasteiger partial charge in [0.1, 0.15) is 0 Å². The zero-order valence-corrected chi connectivity index (χ0v) is 31.3. The predicted octanol–water partition coefficient (Wildman–Crippen LogP) is 8.73. The third-order valence-electron chi connectivity index (χ3n) is 10.3. The number of rotatable bonds is 12. The van der Waals surface area contributed by atoms with Crippen LogP contribution in [0.5, 0.6) is 0 Å². The molecule has 5 aromatic carbocycles. The molecule has 2 aliphatic carbocycles. The summed E-state index contributed by atoms with van der Waals surface area (Å²) in [6.45, 7) is 17.8. The van der Waals surface area contributed by atoms with E-state index in [1.165, 1.54) is 0 Å². The zero-order chi connectivity index (χ0) is 37.9. The first kappa shape index (κ1) is 36.1. The molecule has 0 aliphatic heterocycles. The number of unbranched alkanes of at least 4 members (excludes halogenated alkanes) is 2. The van der Waals surface area contributed by atoms with Crippen LogP contribution in [0.15, 0.2) is 95.1 Å². The normalized spacial score (nSPS) is 13.6. The monoisotopic (exact) mass is 716 g/mol. The molecule has 0 saturated heterocycles. The van der Waals surface area contributed by atoms with E-state index in [1.54, 1.807) is 0 Å². The summed E-state index contributed by atoms with van der Waals surface area (Å²) in [6.07, 6.45) is 3.52. The summed E-state index contributed by atoms with van der Waals surface area (Å²) in [7, 11) is 0. The Hall–Kier alpha value is -6.28. The molecule has 0 saturated carbocycles. The highest BCUT2D eigenvalue weighted by Crippen LogP contribution is 2.41. The maximum atomic E-state index is 13.2. The fraction of sp³-hybridized carbons (Fsp3) is 0.217. The number of carbonyl (C=O) groups is 2. The first-order valence-electron chi connectivity index (χ1n) is 18.6. The van der Waals surface area contributed by atoms with Gasteiger partial charge in [-0.2, -0.15) is 10.2 Å². The van der Waals surface area contributed by atoms with Gasteiger partial charge in [-0.15, -0.1) is 0 Å². The summed E-state index contributed by atoms with van der Waals surface area (Å²) in [5.74, 6) is -0.668. The van der Waals surface area contributed by atoms with Crippen molar-refractivity contribution in [3.8, 4) is 22.3 Å². The minimum absolute atomic E-state index is 0.334. The molecule has 0 heterocycles. The molecular weight excluding hydrogens is 673 g/mol. The third kappa shape index (κ3) is 6.38. The third-order valence-corrected chi connectivity index (χ3v) is 10.3. The summed E-state index contributed by atoms with van der Waals surface area (Å²) < 4.78 is 11.2. The number of hydrogen-bond donors (Lipinski definition) is 2. The molecule has 0 radical (unpaired) electrons. The van der Waals surface area contributed by atoms with Crippen LogP contribution in [0.3, 0.4) is 0 Å². The Morgan fingerprint density at radius 2 is 0.926 bits per heavy atom. The molecule has 5 aromatic rings. The van der Waals surface area contributed by atoms with Gasteiger partial charge in [0.25, 0.3) is 0 Å². The average molecular weight is 717 g/mol. The van der Waals surface area contributed by atoms with Crippen molar-refractivity contribution in [2.45, 2.75) is 53.4 Å². The Balaban J connectivity index is 1.22. The fourth-order valence-corrected chi connectivity index (χ4v) is 7.20. The van der Waals surface area contributed by atoms with Crippen molar-refractivity contribution >= 4 is 47.9 Å². The smallest absolute Gasteiger partial charge is 0.338 e. The van der Waals surface area contributed by atoms with Gasteiger partial charge in [0.05, 0.1) is 47.1 Å². The van der Waals surface area contributed by atoms with Crippen LogP contribution in [-0.2, 0) is 9.47 Å². The lowest BCUT2D eigenvalue weighted by Gasteiger charge is -2.16. The van der Waals surface area contributed by atoms with Crippen molar-refractivity contribution < 1.29 is 19.1 Å². The lowest BCUT2D eigenvalue weighted by Crippen LogP contribution is -2.24. The van der Waals surface area contributed by atoms with Crippen molar-refractivity contribution in [1.82, 2.24) is 0 Å². The Morgan fingerprint density at radius 3 is 1.31 bits per heavy atom. The highest BCUT2D eigenvalue weighted by Gasteiger charge is 2.31. The van der Waals surface area contributed by atoms with Crippen molar-refractivity contribution in [3.05, 3.63) is 140 Å². The second kappa shape index (κ2) is 15.4. The lowest BCUT2D eigenvalue weighted by atomic mass is 9.99. The molecule has 2 aliphatic rings. The van der Waals surface area contributed by atoms with Crippen LogP contribution in [-0.4, -0.2) is 36.6 Å². The number of benzene rings is 5. The number of nitrogens with zero attached hydrogens (tertiary/aromatic N) is 2. The molecule has 0 amide bonds. The van der Waals surface area contributed by atoms with E-state index in [-0.39, 0.29) is 11.9 Å². The van der Waals surface area contributed by atoms with Crippen molar-refractivity contribution in [1.29, 1.82) is 0 Å². The molecule has 0 spiro atoms. The molecule has 0 fully saturated rings. The first-order valence-corrected chi connectivity index (χ1v) is 18.6. The molecular formula is C46H44N4O4. The summed E-state index contributed by atoms with van der Waals surface area (Å²) in [5, 5.41) is 11.4. The summed E-state index contributed by atoms with van der Waals surface area (Å²) in [5.41, 5.74) is 19.4.